The Morgan fingerprint density at radius 3 is 2.29 bits per heavy atom. The lowest BCUT2D eigenvalue weighted by Crippen LogP contribution is -2.40. The molecule has 0 saturated heterocycles. The van der Waals surface area contributed by atoms with Crippen molar-refractivity contribution < 1.29 is 14.7 Å². The molecular formula is C17H25NO3. The fraction of sp³-hybridized carbons (Fsp3) is 0.529. The summed E-state index contributed by atoms with van der Waals surface area (Å²) < 4.78 is 0. The predicted molar refractivity (Wildman–Crippen MR) is 83.1 cm³/mol. The molecule has 1 unspecified atom stereocenters. The summed E-state index contributed by atoms with van der Waals surface area (Å²) in [5.74, 6) is -0.594. The van der Waals surface area contributed by atoms with E-state index in [1.165, 1.54) is 0 Å². The van der Waals surface area contributed by atoms with Crippen molar-refractivity contribution >= 4 is 11.9 Å². The number of hydrogen-bond acceptors (Lipinski definition) is 2. The lowest BCUT2D eigenvalue weighted by Gasteiger charge is -2.27. The molecule has 0 radical (unpaired) electrons. The van der Waals surface area contributed by atoms with Crippen molar-refractivity contribution in [3.63, 3.8) is 0 Å². The Balaban J connectivity index is 2.84. The second-order valence-electron chi connectivity index (χ2n) is 6.18. The Kier molecular flexibility index (Phi) is 5.94. The summed E-state index contributed by atoms with van der Waals surface area (Å²) in [7, 11) is 1.73. The van der Waals surface area contributed by atoms with Crippen LogP contribution in [0.15, 0.2) is 30.3 Å². The first-order valence-corrected chi connectivity index (χ1v) is 7.30. The van der Waals surface area contributed by atoms with Crippen LogP contribution in [0.1, 0.15) is 39.2 Å². The minimum Gasteiger partial charge on any atom is -0.481 e. The summed E-state index contributed by atoms with van der Waals surface area (Å²) in [5.41, 5.74) is -0.534. The van der Waals surface area contributed by atoms with Crippen molar-refractivity contribution in [2.24, 2.45) is 5.92 Å². The number of carbonyl (C=O) groups is 2. The van der Waals surface area contributed by atoms with Crippen molar-refractivity contribution in [3.8, 4) is 0 Å². The third kappa shape index (κ3) is 4.59. The van der Waals surface area contributed by atoms with Crippen LogP contribution in [0.2, 0.25) is 0 Å². The van der Waals surface area contributed by atoms with Crippen LogP contribution in [0.25, 0.3) is 0 Å². The zero-order valence-electron chi connectivity index (χ0n) is 13.3. The van der Waals surface area contributed by atoms with Crippen LogP contribution >= 0.6 is 0 Å². The van der Waals surface area contributed by atoms with E-state index in [1.807, 2.05) is 6.07 Å². The lowest BCUT2D eigenvalue weighted by atomic mass is 9.79. The van der Waals surface area contributed by atoms with Crippen molar-refractivity contribution in [1.29, 1.82) is 0 Å². The number of amides is 1. The van der Waals surface area contributed by atoms with Crippen LogP contribution in [0.4, 0.5) is 0 Å². The molecule has 1 atom stereocenters. The third-order valence-electron chi connectivity index (χ3n) is 3.86. The third-order valence-corrected chi connectivity index (χ3v) is 3.86. The Hall–Kier alpha value is -1.84. The number of hydrogen-bond donors (Lipinski definition) is 1. The van der Waals surface area contributed by atoms with Gasteiger partial charge in [0.25, 0.3) is 0 Å². The maximum absolute atomic E-state index is 12.3. The molecule has 1 aromatic carbocycles. The molecule has 0 aliphatic rings. The van der Waals surface area contributed by atoms with Gasteiger partial charge in [-0.2, -0.15) is 0 Å². The Bertz CT molecular complexity index is 484. The highest BCUT2D eigenvalue weighted by Gasteiger charge is 2.38. The average Bonchev–Trinajstić information content (AvgIpc) is 2.45. The molecule has 0 bridgehead atoms. The van der Waals surface area contributed by atoms with Gasteiger partial charge >= 0.3 is 5.97 Å². The van der Waals surface area contributed by atoms with Crippen molar-refractivity contribution in [3.05, 3.63) is 35.9 Å². The van der Waals surface area contributed by atoms with E-state index in [2.05, 4.69) is 13.8 Å². The Morgan fingerprint density at radius 1 is 1.24 bits per heavy atom. The minimum atomic E-state index is -1.19. The first-order valence-electron chi connectivity index (χ1n) is 7.30. The van der Waals surface area contributed by atoms with Gasteiger partial charge in [-0.3, -0.25) is 9.59 Å². The number of rotatable bonds is 7. The van der Waals surface area contributed by atoms with E-state index >= 15 is 0 Å². The largest absolute Gasteiger partial charge is 0.481 e. The van der Waals surface area contributed by atoms with Gasteiger partial charge in [0.15, 0.2) is 0 Å². The van der Waals surface area contributed by atoms with Gasteiger partial charge in [0.1, 0.15) is 0 Å². The molecule has 1 amide bonds. The van der Waals surface area contributed by atoms with Gasteiger partial charge < -0.3 is 10.0 Å². The van der Waals surface area contributed by atoms with Gasteiger partial charge in [0.05, 0.1) is 5.41 Å². The Morgan fingerprint density at radius 2 is 1.81 bits per heavy atom. The van der Waals surface area contributed by atoms with Gasteiger partial charge in [0.2, 0.25) is 5.91 Å². The minimum absolute atomic E-state index is 0.0268. The zero-order chi connectivity index (χ0) is 16.0. The molecule has 0 spiro atoms. The molecule has 0 aliphatic heterocycles. The predicted octanol–water partition coefficient (Wildman–Crippen LogP) is 2.92. The van der Waals surface area contributed by atoms with E-state index in [1.54, 1.807) is 43.1 Å². The van der Waals surface area contributed by atoms with Crippen LogP contribution in [-0.4, -0.2) is 35.5 Å². The van der Waals surface area contributed by atoms with E-state index in [0.717, 1.165) is 6.42 Å². The van der Waals surface area contributed by atoms with Crippen LogP contribution < -0.4 is 0 Å². The summed E-state index contributed by atoms with van der Waals surface area (Å²) in [5, 5.41) is 9.56. The summed E-state index contributed by atoms with van der Waals surface area (Å²) in [6, 6.07) is 8.94. The number of carboxylic acid groups (broad SMARTS) is 1. The lowest BCUT2D eigenvalue weighted by molar-refractivity contribution is -0.147. The highest BCUT2D eigenvalue weighted by atomic mass is 16.4. The monoisotopic (exact) mass is 291 g/mol. The first kappa shape index (κ1) is 17.2. The van der Waals surface area contributed by atoms with E-state index in [4.69, 9.17) is 0 Å². The second kappa shape index (κ2) is 7.25. The summed E-state index contributed by atoms with van der Waals surface area (Å²) >= 11 is 0. The van der Waals surface area contributed by atoms with Gasteiger partial charge in [-0.05, 0) is 24.8 Å². The molecule has 4 nitrogen and oxygen atoms in total. The van der Waals surface area contributed by atoms with Gasteiger partial charge in [0, 0.05) is 20.0 Å². The number of carbonyl (C=O) groups excluding carboxylic acids is 1. The van der Waals surface area contributed by atoms with Gasteiger partial charge in [-0.25, -0.2) is 0 Å². The molecule has 1 N–H and O–H groups in total. The molecule has 0 saturated carbocycles. The molecule has 0 aromatic heterocycles. The number of nitrogens with zero attached hydrogens (tertiary/aromatic N) is 1. The maximum Gasteiger partial charge on any atom is 0.314 e. The van der Waals surface area contributed by atoms with E-state index in [0.29, 0.717) is 18.0 Å². The molecule has 1 rings (SSSR count). The van der Waals surface area contributed by atoms with Crippen LogP contribution in [-0.2, 0) is 15.0 Å². The van der Waals surface area contributed by atoms with Crippen molar-refractivity contribution in [2.75, 3.05) is 13.6 Å². The molecule has 0 heterocycles. The first-order chi connectivity index (χ1) is 9.77. The van der Waals surface area contributed by atoms with E-state index in [9.17, 15) is 14.7 Å². The number of aliphatic carboxylic acids is 1. The smallest absolute Gasteiger partial charge is 0.314 e. The molecule has 21 heavy (non-hydrogen) atoms. The number of benzene rings is 1. The van der Waals surface area contributed by atoms with Crippen LogP contribution in [0.5, 0.6) is 0 Å². The normalized spacial score (nSPS) is 13.8. The molecule has 0 fully saturated rings. The zero-order valence-corrected chi connectivity index (χ0v) is 13.3. The quantitative estimate of drug-likeness (QED) is 0.840. The van der Waals surface area contributed by atoms with Crippen LogP contribution in [0.3, 0.4) is 0 Å². The number of carboxylic acids is 1. The SMILES string of the molecule is CC(C)CCN(C)C(=O)CC(C)(C(=O)O)c1ccccc1. The van der Waals surface area contributed by atoms with Crippen LogP contribution in [0, 0.1) is 5.92 Å². The topological polar surface area (TPSA) is 57.6 Å². The summed E-state index contributed by atoms with van der Waals surface area (Å²) in [6.07, 6.45) is 0.887. The molecule has 4 heteroatoms. The van der Waals surface area contributed by atoms with E-state index < -0.39 is 11.4 Å². The Labute approximate surface area is 126 Å². The van der Waals surface area contributed by atoms with Gasteiger partial charge in [-0.15, -0.1) is 0 Å². The standard InChI is InChI=1S/C17H25NO3/c1-13(2)10-11-18(4)15(19)12-17(3,16(20)21)14-8-6-5-7-9-14/h5-9,13H,10-12H2,1-4H3,(H,20,21). The fourth-order valence-electron chi connectivity index (χ4n) is 2.12. The molecule has 116 valence electrons. The highest BCUT2D eigenvalue weighted by Crippen LogP contribution is 2.28. The summed E-state index contributed by atoms with van der Waals surface area (Å²) in [4.78, 5) is 25.6. The average molecular weight is 291 g/mol. The van der Waals surface area contributed by atoms with Crippen molar-refractivity contribution in [1.82, 2.24) is 4.90 Å². The summed E-state index contributed by atoms with van der Waals surface area (Å²) in [6.45, 7) is 6.47. The highest BCUT2D eigenvalue weighted by molar-refractivity contribution is 5.89. The van der Waals surface area contributed by atoms with E-state index in [-0.39, 0.29) is 12.3 Å². The van der Waals surface area contributed by atoms with Crippen molar-refractivity contribution in [2.45, 2.75) is 39.0 Å². The molecule has 1 aromatic rings. The molecular weight excluding hydrogens is 266 g/mol. The molecule has 0 aliphatic carbocycles. The second-order valence-corrected chi connectivity index (χ2v) is 6.18. The fourth-order valence-corrected chi connectivity index (χ4v) is 2.12. The maximum atomic E-state index is 12.3. The van der Waals surface area contributed by atoms with Gasteiger partial charge in [-0.1, -0.05) is 44.2 Å².